The number of rotatable bonds is 4. The van der Waals surface area contributed by atoms with Gasteiger partial charge in [0.05, 0.1) is 11.9 Å². The van der Waals surface area contributed by atoms with Crippen LogP contribution in [-0.2, 0) is 0 Å². The normalized spacial score (nSPS) is 17.6. The van der Waals surface area contributed by atoms with Gasteiger partial charge in [-0.25, -0.2) is 9.97 Å². The van der Waals surface area contributed by atoms with Crippen LogP contribution in [0.5, 0.6) is 0 Å². The second kappa shape index (κ2) is 6.39. The zero-order valence-corrected chi connectivity index (χ0v) is 10.2. The molecule has 5 heteroatoms. The van der Waals surface area contributed by atoms with Gasteiger partial charge in [0.15, 0.2) is 5.82 Å². The van der Waals surface area contributed by atoms with Crippen molar-refractivity contribution in [3.05, 3.63) is 12.5 Å². The van der Waals surface area contributed by atoms with E-state index in [2.05, 4.69) is 20.2 Å². The first-order chi connectivity index (χ1) is 8.36. The number of anilines is 2. The highest BCUT2D eigenvalue weighted by Gasteiger charge is 2.08. The molecule has 1 saturated heterocycles. The minimum absolute atomic E-state index is 0.614. The molecule has 17 heavy (non-hydrogen) atoms. The number of hydrogen-bond acceptors (Lipinski definition) is 5. The maximum absolute atomic E-state index is 5.76. The van der Waals surface area contributed by atoms with Crippen LogP contribution in [0.3, 0.4) is 0 Å². The van der Waals surface area contributed by atoms with E-state index in [0.717, 1.165) is 18.9 Å². The molecule has 0 radical (unpaired) electrons. The first kappa shape index (κ1) is 12.1. The van der Waals surface area contributed by atoms with E-state index in [1.54, 1.807) is 6.20 Å². The van der Waals surface area contributed by atoms with E-state index in [1.807, 2.05) is 0 Å². The number of hydrogen-bond donors (Lipinski definition) is 2. The Morgan fingerprint density at radius 1 is 1.24 bits per heavy atom. The van der Waals surface area contributed by atoms with Crippen molar-refractivity contribution < 1.29 is 0 Å². The molecule has 0 amide bonds. The third-order valence-corrected chi connectivity index (χ3v) is 3.16. The number of likely N-dealkylation sites (tertiary alicyclic amines) is 1. The number of nitrogens with one attached hydrogen (secondary N) is 1. The van der Waals surface area contributed by atoms with Crippen LogP contribution in [0.4, 0.5) is 11.5 Å². The third-order valence-electron chi connectivity index (χ3n) is 3.16. The molecule has 0 saturated carbocycles. The Kier molecular flexibility index (Phi) is 4.55. The van der Waals surface area contributed by atoms with Crippen molar-refractivity contribution in [1.82, 2.24) is 14.9 Å². The lowest BCUT2D eigenvalue weighted by Gasteiger charge is -2.20. The van der Waals surface area contributed by atoms with E-state index < -0.39 is 0 Å². The smallest absolute Gasteiger partial charge is 0.152 e. The molecule has 0 atom stereocenters. The molecular formula is C12H21N5. The molecule has 1 aromatic heterocycles. The molecule has 0 spiro atoms. The van der Waals surface area contributed by atoms with Crippen molar-refractivity contribution in [3.63, 3.8) is 0 Å². The summed E-state index contributed by atoms with van der Waals surface area (Å²) in [5.74, 6) is 0.745. The second-order valence-corrected chi connectivity index (χ2v) is 4.51. The lowest BCUT2D eigenvalue weighted by atomic mass is 10.2. The Morgan fingerprint density at radius 2 is 2.00 bits per heavy atom. The molecule has 5 nitrogen and oxygen atoms in total. The van der Waals surface area contributed by atoms with Gasteiger partial charge in [-0.05, 0) is 25.9 Å². The van der Waals surface area contributed by atoms with Crippen molar-refractivity contribution in [1.29, 1.82) is 0 Å². The molecule has 0 bridgehead atoms. The van der Waals surface area contributed by atoms with Crippen LogP contribution in [0.25, 0.3) is 0 Å². The van der Waals surface area contributed by atoms with E-state index >= 15 is 0 Å². The number of nitrogens with zero attached hydrogens (tertiary/aromatic N) is 3. The van der Waals surface area contributed by atoms with E-state index in [1.165, 1.54) is 45.1 Å². The quantitative estimate of drug-likeness (QED) is 0.824. The zero-order valence-electron chi connectivity index (χ0n) is 10.2. The van der Waals surface area contributed by atoms with Crippen LogP contribution in [0.2, 0.25) is 0 Å². The summed E-state index contributed by atoms with van der Waals surface area (Å²) in [7, 11) is 0. The zero-order chi connectivity index (χ0) is 11.9. The van der Waals surface area contributed by atoms with Gasteiger partial charge in [-0.1, -0.05) is 12.8 Å². The van der Waals surface area contributed by atoms with Crippen LogP contribution in [0.15, 0.2) is 12.5 Å². The molecule has 0 aliphatic carbocycles. The first-order valence-corrected chi connectivity index (χ1v) is 6.38. The third kappa shape index (κ3) is 3.85. The SMILES string of the molecule is Nc1cncnc1NCCN1CCCCCC1. The Hall–Kier alpha value is -1.36. The molecule has 1 aliphatic heterocycles. The van der Waals surface area contributed by atoms with Crippen molar-refractivity contribution in [2.45, 2.75) is 25.7 Å². The monoisotopic (exact) mass is 235 g/mol. The molecular weight excluding hydrogens is 214 g/mol. The summed E-state index contributed by atoms with van der Waals surface area (Å²) in [5.41, 5.74) is 6.38. The Morgan fingerprint density at radius 3 is 2.71 bits per heavy atom. The molecule has 2 heterocycles. The van der Waals surface area contributed by atoms with Crippen LogP contribution >= 0.6 is 0 Å². The molecule has 2 rings (SSSR count). The molecule has 0 unspecified atom stereocenters. The fourth-order valence-electron chi connectivity index (χ4n) is 2.18. The summed E-state index contributed by atoms with van der Waals surface area (Å²) >= 11 is 0. The summed E-state index contributed by atoms with van der Waals surface area (Å²) in [6, 6.07) is 0. The molecule has 0 aromatic carbocycles. The Balaban J connectivity index is 1.73. The second-order valence-electron chi connectivity index (χ2n) is 4.51. The van der Waals surface area contributed by atoms with Crippen molar-refractivity contribution in [2.75, 3.05) is 37.2 Å². The van der Waals surface area contributed by atoms with Gasteiger partial charge in [-0.3, -0.25) is 0 Å². The first-order valence-electron chi connectivity index (χ1n) is 6.38. The van der Waals surface area contributed by atoms with E-state index in [0.29, 0.717) is 5.69 Å². The van der Waals surface area contributed by atoms with Gasteiger partial charge >= 0.3 is 0 Å². The number of nitrogens with two attached hydrogens (primary N) is 1. The number of nitrogen functional groups attached to an aromatic ring is 1. The minimum atomic E-state index is 0.614. The largest absolute Gasteiger partial charge is 0.394 e. The minimum Gasteiger partial charge on any atom is -0.394 e. The van der Waals surface area contributed by atoms with Crippen LogP contribution < -0.4 is 11.1 Å². The summed E-state index contributed by atoms with van der Waals surface area (Å²) in [5, 5.41) is 3.26. The van der Waals surface area contributed by atoms with Gasteiger partial charge in [-0.15, -0.1) is 0 Å². The van der Waals surface area contributed by atoms with Gasteiger partial charge in [0, 0.05) is 13.1 Å². The lowest BCUT2D eigenvalue weighted by Crippen LogP contribution is -2.30. The summed E-state index contributed by atoms with van der Waals surface area (Å²) in [6.45, 7) is 4.40. The summed E-state index contributed by atoms with van der Waals surface area (Å²) in [4.78, 5) is 10.5. The molecule has 94 valence electrons. The van der Waals surface area contributed by atoms with Gasteiger partial charge in [-0.2, -0.15) is 0 Å². The topological polar surface area (TPSA) is 67.1 Å². The maximum Gasteiger partial charge on any atom is 0.152 e. The Bertz CT molecular complexity index is 333. The maximum atomic E-state index is 5.76. The van der Waals surface area contributed by atoms with Crippen LogP contribution in [0.1, 0.15) is 25.7 Å². The fourth-order valence-corrected chi connectivity index (χ4v) is 2.18. The molecule has 1 aliphatic rings. The van der Waals surface area contributed by atoms with E-state index in [9.17, 15) is 0 Å². The van der Waals surface area contributed by atoms with Crippen LogP contribution in [0, 0.1) is 0 Å². The average Bonchev–Trinajstić information content (AvgIpc) is 2.60. The van der Waals surface area contributed by atoms with Gasteiger partial charge < -0.3 is 16.0 Å². The van der Waals surface area contributed by atoms with Gasteiger partial charge in [0.25, 0.3) is 0 Å². The van der Waals surface area contributed by atoms with Gasteiger partial charge in [0.2, 0.25) is 0 Å². The van der Waals surface area contributed by atoms with E-state index in [4.69, 9.17) is 5.73 Å². The molecule has 1 aromatic rings. The summed E-state index contributed by atoms with van der Waals surface area (Å²) < 4.78 is 0. The summed E-state index contributed by atoms with van der Waals surface area (Å²) in [6.07, 6.45) is 8.56. The number of aromatic nitrogens is 2. The molecule has 3 N–H and O–H groups in total. The van der Waals surface area contributed by atoms with E-state index in [-0.39, 0.29) is 0 Å². The van der Waals surface area contributed by atoms with Gasteiger partial charge in [0.1, 0.15) is 6.33 Å². The van der Waals surface area contributed by atoms with Crippen molar-refractivity contribution in [3.8, 4) is 0 Å². The fraction of sp³-hybridized carbons (Fsp3) is 0.667. The van der Waals surface area contributed by atoms with Crippen molar-refractivity contribution >= 4 is 11.5 Å². The standard InChI is InChI=1S/C12H21N5/c13-11-9-14-10-16-12(11)15-5-8-17-6-3-1-2-4-7-17/h9-10H,1-8,13H2,(H,14,15,16). The predicted molar refractivity (Wildman–Crippen MR) is 69.8 cm³/mol. The predicted octanol–water partition coefficient (Wildman–Crippen LogP) is 1.35. The lowest BCUT2D eigenvalue weighted by molar-refractivity contribution is 0.296. The Labute approximate surface area is 102 Å². The average molecular weight is 235 g/mol. The van der Waals surface area contributed by atoms with Crippen LogP contribution in [-0.4, -0.2) is 41.0 Å². The highest BCUT2D eigenvalue weighted by Crippen LogP contribution is 2.12. The highest BCUT2D eigenvalue weighted by molar-refractivity contribution is 5.58. The van der Waals surface area contributed by atoms with Crippen molar-refractivity contribution in [2.24, 2.45) is 0 Å². The molecule has 1 fully saturated rings. The highest BCUT2D eigenvalue weighted by atomic mass is 15.1.